The molecule has 0 unspecified atom stereocenters. The first-order valence-electron chi connectivity index (χ1n) is 9.68. The average molecular weight is 493 g/mol. The van der Waals surface area contributed by atoms with E-state index in [2.05, 4.69) is 20.3 Å². The number of aryl methyl sites for hydroxylation is 2. The van der Waals surface area contributed by atoms with Gasteiger partial charge in [-0.05, 0) is 38.5 Å². The van der Waals surface area contributed by atoms with E-state index in [4.69, 9.17) is 16.3 Å². The van der Waals surface area contributed by atoms with E-state index in [9.17, 15) is 14.4 Å². The number of halogens is 1. The lowest BCUT2D eigenvalue weighted by atomic mass is 10.1. The molecular weight excluding hydrogens is 472 g/mol. The Labute approximate surface area is 197 Å². The van der Waals surface area contributed by atoms with Crippen molar-refractivity contribution in [3.05, 3.63) is 67.0 Å². The highest BCUT2D eigenvalue weighted by atomic mass is 35.5. The van der Waals surface area contributed by atoms with Crippen LogP contribution in [0, 0.1) is 13.8 Å². The number of hydrogen-bond donors (Lipinski definition) is 2. The number of hydrogen-bond acceptors (Lipinski definition) is 8. The molecule has 2 aromatic heterocycles. The van der Waals surface area contributed by atoms with E-state index < -0.39 is 11.9 Å². The van der Waals surface area contributed by atoms with E-state index in [-0.39, 0.29) is 29.3 Å². The third kappa shape index (κ3) is 6.18. The number of thiazole rings is 1. The van der Waals surface area contributed by atoms with Gasteiger partial charge >= 0.3 is 5.97 Å². The smallest absolute Gasteiger partial charge is 0.350 e. The van der Waals surface area contributed by atoms with Gasteiger partial charge in [-0.1, -0.05) is 46.8 Å². The second-order valence-electron chi connectivity index (χ2n) is 6.73. The Bertz CT molecular complexity index is 1210. The maximum Gasteiger partial charge on any atom is 0.350 e. The van der Waals surface area contributed by atoms with E-state index in [1.165, 1.54) is 11.8 Å². The van der Waals surface area contributed by atoms with Gasteiger partial charge in [-0.15, -0.1) is 0 Å². The average Bonchev–Trinajstić information content (AvgIpc) is 3.09. The van der Waals surface area contributed by atoms with E-state index in [0.717, 1.165) is 16.9 Å². The summed E-state index contributed by atoms with van der Waals surface area (Å²) in [6.07, 6.45) is -0.166. The van der Waals surface area contributed by atoms with Gasteiger partial charge in [0.25, 0.3) is 5.56 Å². The molecule has 2 N–H and O–H groups in total. The maximum absolute atomic E-state index is 12.5. The zero-order valence-electron chi connectivity index (χ0n) is 17.7. The molecule has 3 rings (SSSR count). The van der Waals surface area contributed by atoms with Crippen LogP contribution in [0.15, 0.2) is 34.2 Å². The van der Waals surface area contributed by atoms with Crippen molar-refractivity contribution in [3.63, 3.8) is 0 Å². The Morgan fingerprint density at radius 2 is 2.03 bits per heavy atom. The Morgan fingerprint density at radius 1 is 1.25 bits per heavy atom. The summed E-state index contributed by atoms with van der Waals surface area (Å²) in [6, 6.07) is 7.45. The van der Waals surface area contributed by atoms with Gasteiger partial charge < -0.3 is 15.0 Å². The Kier molecular flexibility index (Phi) is 8.05. The molecule has 0 atom stereocenters. The summed E-state index contributed by atoms with van der Waals surface area (Å²) >= 11 is 8.40. The van der Waals surface area contributed by atoms with Crippen molar-refractivity contribution >= 4 is 51.7 Å². The van der Waals surface area contributed by atoms with Crippen molar-refractivity contribution in [1.82, 2.24) is 15.0 Å². The molecule has 0 fully saturated rings. The number of thioether (sulfide) groups is 1. The van der Waals surface area contributed by atoms with Gasteiger partial charge in [0.2, 0.25) is 5.91 Å². The van der Waals surface area contributed by atoms with Crippen LogP contribution in [0.3, 0.4) is 0 Å². The number of benzene rings is 1. The summed E-state index contributed by atoms with van der Waals surface area (Å²) in [5.41, 5.74) is 1.85. The summed E-state index contributed by atoms with van der Waals surface area (Å²) in [5.74, 6) is -0.316. The predicted molar refractivity (Wildman–Crippen MR) is 126 cm³/mol. The van der Waals surface area contributed by atoms with Crippen molar-refractivity contribution in [2.75, 3.05) is 11.9 Å². The molecule has 8 nitrogen and oxygen atoms in total. The number of anilines is 1. The van der Waals surface area contributed by atoms with Gasteiger partial charge in [-0.2, -0.15) is 0 Å². The minimum Gasteiger partial charge on any atom is -0.462 e. The number of nitrogens with zero attached hydrogens (tertiary/aromatic N) is 2. The fourth-order valence-electron chi connectivity index (χ4n) is 2.80. The Balaban J connectivity index is 1.66. The first-order chi connectivity index (χ1) is 15.3. The molecule has 0 saturated heterocycles. The highest BCUT2D eigenvalue weighted by Crippen LogP contribution is 2.24. The van der Waals surface area contributed by atoms with Gasteiger partial charge in [-0.25, -0.2) is 14.8 Å². The Morgan fingerprint density at radius 3 is 2.72 bits per heavy atom. The van der Waals surface area contributed by atoms with Crippen molar-refractivity contribution in [3.8, 4) is 0 Å². The molecule has 0 bridgehead atoms. The molecule has 0 saturated carbocycles. The number of H-pyrrole nitrogens is 1. The second-order valence-corrected chi connectivity index (χ2v) is 9.13. The summed E-state index contributed by atoms with van der Waals surface area (Å²) in [6.45, 7) is 5.32. The van der Waals surface area contributed by atoms with Gasteiger partial charge in [0.15, 0.2) is 10.3 Å². The van der Waals surface area contributed by atoms with Crippen LogP contribution < -0.4 is 10.9 Å². The molecule has 0 radical (unpaired) electrons. The quantitative estimate of drug-likeness (QED) is 0.276. The highest BCUT2D eigenvalue weighted by Gasteiger charge is 2.19. The summed E-state index contributed by atoms with van der Waals surface area (Å²) in [5, 5.41) is 4.01. The summed E-state index contributed by atoms with van der Waals surface area (Å²) in [4.78, 5) is 48.6. The van der Waals surface area contributed by atoms with Crippen LogP contribution in [0.5, 0.6) is 0 Å². The number of aromatic amines is 1. The normalized spacial score (nSPS) is 10.8. The lowest BCUT2D eigenvalue weighted by Gasteiger charge is -2.07. The largest absolute Gasteiger partial charge is 0.462 e. The summed E-state index contributed by atoms with van der Waals surface area (Å²) in [7, 11) is 0. The van der Waals surface area contributed by atoms with Crippen LogP contribution >= 0.6 is 34.7 Å². The maximum atomic E-state index is 12.5. The number of amides is 1. The molecular formula is C21H21ClN4O4S2. The van der Waals surface area contributed by atoms with Crippen molar-refractivity contribution in [2.45, 2.75) is 38.1 Å². The number of ether oxygens (including phenoxy) is 1. The first kappa shape index (κ1) is 24.0. The molecule has 32 heavy (non-hydrogen) atoms. The third-order valence-corrected chi connectivity index (χ3v) is 6.54. The number of carbonyl (C=O) groups excluding carboxylic acids is 2. The second kappa shape index (κ2) is 10.8. The van der Waals surface area contributed by atoms with Crippen molar-refractivity contribution < 1.29 is 14.3 Å². The lowest BCUT2D eigenvalue weighted by Crippen LogP contribution is -2.23. The molecule has 0 aliphatic rings. The topological polar surface area (TPSA) is 114 Å². The number of esters is 1. The van der Waals surface area contributed by atoms with Crippen LogP contribution in [-0.2, 0) is 21.7 Å². The van der Waals surface area contributed by atoms with Crippen molar-refractivity contribution in [1.29, 1.82) is 0 Å². The van der Waals surface area contributed by atoms with E-state index in [1.54, 1.807) is 26.8 Å². The Hall–Kier alpha value is -2.69. The first-order valence-corrected chi connectivity index (χ1v) is 11.9. The van der Waals surface area contributed by atoms with Crippen LogP contribution in [0.25, 0.3) is 0 Å². The third-order valence-electron chi connectivity index (χ3n) is 4.31. The van der Waals surface area contributed by atoms with Gasteiger partial charge in [0.1, 0.15) is 4.88 Å². The summed E-state index contributed by atoms with van der Waals surface area (Å²) < 4.78 is 4.98. The molecule has 2 heterocycles. The van der Waals surface area contributed by atoms with Crippen LogP contribution in [0.4, 0.5) is 5.13 Å². The SMILES string of the molecule is CCOC(=O)c1sc(NC(=O)Cc2c(C)nc(SCc3cccc(Cl)c3)[nH]c2=O)nc1C. The van der Waals surface area contributed by atoms with E-state index in [0.29, 0.717) is 32.2 Å². The van der Waals surface area contributed by atoms with Crippen LogP contribution in [0.1, 0.15) is 39.1 Å². The van der Waals surface area contributed by atoms with Crippen LogP contribution in [-0.4, -0.2) is 33.4 Å². The van der Waals surface area contributed by atoms with Gasteiger partial charge in [0, 0.05) is 22.0 Å². The standard InChI is InChI=1S/C21H21ClN4O4S2/c1-4-30-19(29)17-12(3)24-21(32-17)25-16(27)9-15-11(2)23-20(26-18(15)28)31-10-13-6-5-7-14(22)8-13/h5-8H,4,9-10H2,1-3H3,(H,23,26,28)(H,24,25,27). The number of nitrogens with one attached hydrogen (secondary N) is 2. The fourth-order valence-corrected chi connectivity index (χ4v) is 4.74. The number of aromatic nitrogens is 3. The molecule has 0 aliphatic heterocycles. The molecule has 168 valence electrons. The molecule has 1 amide bonds. The van der Waals surface area contributed by atoms with Gasteiger partial charge in [-0.3, -0.25) is 9.59 Å². The fraction of sp³-hybridized carbons (Fsp3) is 0.286. The lowest BCUT2D eigenvalue weighted by molar-refractivity contribution is -0.115. The number of carbonyl (C=O) groups is 2. The predicted octanol–water partition coefficient (Wildman–Crippen LogP) is 4.15. The van der Waals surface area contributed by atoms with Crippen molar-refractivity contribution in [2.24, 2.45) is 0 Å². The zero-order valence-corrected chi connectivity index (χ0v) is 20.0. The van der Waals surface area contributed by atoms with E-state index >= 15 is 0 Å². The molecule has 0 spiro atoms. The zero-order chi connectivity index (χ0) is 23.3. The molecule has 3 aromatic rings. The highest BCUT2D eigenvalue weighted by molar-refractivity contribution is 7.98. The molecule has 11 heteroatoms. The molecule has 0 aliphatic carbocycles. The minimum absolute atomic E-state index is 0.166. The van der Waals surface area contributed by atoms with Gasteiger partial charge in [0.05, 0.1) is 18.7 Å². The monoisotopic (exact) mass is 492 g/mol. The van der Waals surface area contributed by atoms with E-state index in [1.807, 2.05) is 18.2 Å². The number of rotatable bonds is 8. The minimum atomic E-state index is -0.481. The molecule has 1 aromatic carbocycles. The van der Waals surface area contributed by atoms with Crippen LogP contribution in [0.2, 0.25) is 5.02 Å².